The highest BCUT2D eigenvalue weighted by molar-refractivity contribution is 5.78. The van der Waals surface area contributed by atoms with Crippen LogP contribution in [-0.2, 0) is 4.79 Å². The maximum Gasteiger partial charge on any atom is 0.224 e. The number of rotatable bonds is 7. The third-order valence-electron chi connectivity index (χ3n) is 3.28. The monoisotopic (exact) mass is 281 g/mol. The number of likely N-dealkylation sites (N-methyl/N-ethyl adjacent to an activating group) is 1. The lowest BCUT2D eigenvalue weighted by molar-refractivity contribution is -0.124. The molecule has 0 spiro atoms. The van der Waals surface area contributed by atoms with Gasteiger partial charge in [-0.15, -0.1) is 0 Å². The van der Waals surface area contributed by atoms with E-state index in [2.05, 4.69) is 10.6 Å². The Labute approximate surface area is 120 Å². The third-order valence-corrected chi connectivity index (χ3v) is 3.28. The molecular weight excluding hydrogens is 257 g/mol. The van der Waals surface area contributed by atoms with Crippen LogP contribution in [0.5, 0.6) is 0 Å². The molecule has 0 radical (unpaired) electrons. The van der Waals surface area contributed by atoms with Gasteiger partial charge in [-0.3, -0.25) is 4.79 Å². The van der Waals surface area contributed by atoms with E-state index in [1.54, 1.807) is 6.07 Å². The second-order valence-corrected chi connectivity index (χ2v) is 5.24. The normalized spacial score (nSPS) is 14.1. The summed E-state index contributed by atoms with van der Waals surface area (Å²) in [5.41, 5.74) is 0.858. The van der Waals surface area contributed by atoms with Crippen LogP contribution < -0.4 is 10.6 Å². The summed E-state index contributed by atoms with van der Waals surface area (Å²) in [4.78, 5) is 13.9. The van der Waals surface area contributed by atoms with E-state index in [-0.39, 0.29) is 23.7 Å². The van der Waals surface area contributed by atoms with Gasteiger partial charge in [0, 0.05) is 19.0 Å². The molecule has 1 amide bonds. The molecule has 1 aromatic carbocycles. The minimum atomic E-state index is -0.260. The van der Waals surface area contributed by atoms with E-state index in [0.29, 0.717) is 13.1 Å². The number of carbonyl (C=O) groups excluding carboxylic acids is 1. The molecule has 0 saturated heterocycles. The number of benzene rings is 1. The fourth-order valence-electron chi connectivity index (χ4n) is 2.08. The number of nitrogens with zero attached hydrogens (tertiary/aromatic N) is 1. The van der Waals surface area contributed by atoms with Gasteiger partial charge in [0.2, 0.25) is 5.91 Å². The number of hydrogen-bond acceptors (Lipinski definition) is 3. The Balaban J connectivity index is 2.67. The largest absolute Gasteiger partial charge is 0.354 e. The molecule has 5 heteroatoms. The van der Waals surface area contributed by atoms with Gasteiger partial charge < -0.3 is 15.5 Å². The van der Waals surface area contributed by atoms with Crippen LogP contribution in [0.1, 0.15) is 18.5 Å². The summed E-state index contributed by atoms with van der Waals surface area (Å²) in [5, 5.41) is 5.90. The van der Waals surface area contributed by atoms with E-state index in [1.807, 2.05) is 39.0 Å². The molecule has 0 aliphatic rings. The molecule has 0 saturated carbocycles. The van der Waals surface area contributed by atoms with E-state index in [9.17, 15) is 9.18 Å². The van der Waals surface area contributed by atoms with Crippen molar-refractivity contribution in [1.82, 2.24) is 15.5 Å². The van der Waals surface area contributed by atoms with Crippen molar-refractivity contribution in [3.05, 3.63) is 35.6 Å². The van der Waals surface area contributed by atoms with Gasteiger partial charge in [0.05, 0.1) is 6.04 Å². The molecule has 1 aromatic rings. The van der Waals surface area contributed by atoms with Crippen molar-refractivity contribution in [3.63, 3.8) is 0 Å². The zero-order valence-corrected chi connectivity index (χ0v) is 12.6. The van der Waals surface area contributed by atoms with Crippen LogP contribution in [0, 0.1) is 11.7 Å². The topological polar surface area (TPSA) is 44.4 Å². The molecule has 20 heavy (non-hydrogen) atoms. The first-order valence-corrected chi connectivity index (χ1v) is 6.80. The van der Waals surface area contributed by atoms with Crippen LogP contribution in [0.3, 0.4) is 0 Å². The summed E-state index contributed by atoms with van der Waals surface area (Å²) in [6.45, 7) is 2.97. The van der Waals surface area contributed by atoms with E-state index >= 15 is 0 Å². The highest BCUT2D eigenvalue weighted by Crippen LogP contribution is 2.18. The fraction of sp³-hybridized carbons (Fsp3) is 0.533. The molecule has 1 rings (SSSR count). The van der Waals surface area contributed by atoms with Crippen molar-refractivity contribution in [3.8, 4) is 0 Å². The van der Waals surface area contributed by atoms with Crippen LogP contribution in [0.15, 0.2) is 24.3 Å². The van der Waals surface area contributed by atoms with E-state index in [4.69, 9.17) is 0 Å². The van der Waals surface area contributed by atoms with E-state index in [1.165, 1.54) is 12.1 Å². The highest BCUT2D eigenvalue weighted by atomic mass is 19.1. The molecule has 2 unspecified atom stereocenters. The Kier molecular flexibility index (Phi) is 6.61. The lowest BCUT2D eigenvalue weighted by Gasteiger charge is -2.25. The average molecular weight is 281 g/mol. The molecule has 112 valence electrons. The quantitative estimate of drug-likeness (QED) is 0.794. The molecule has 0 fully saturated rings. The Morgan fingerprint density at radius 3 is 2.60 bits per heavy atom. The zero-order chi connectivity index (χ0) is 15.1. The Morgan fingerprint density at radius 2 is 2.05 bits per heavy atom. The van der Waals surface area contributed by atoms with Gasteiger partial charge in [-0.2, -0.15) is 0 Å². The summed E-state index contributed by atoms with van der Waals surface area (Å²) in [6, 6.07) is 6.44. The smallest absolute Gasteiger partial charge is 0.224 e. The lowest BCUT2D eigenvalue weighted by Crippen LogP contribution is -2.39. The van der Waals surface area contributed by atoms with E-state index in [0.717, 1.165) is 5.56 Å². The van der Waals surface area contributed by atoms with Crippen molar-refractivity contribution in [2.75, 3.05) is 34.2 Å². The minimum absolute atomic E-state index is 0.00241. The van der Waals surface area contributed by atoms with Gasteiger partial charge in [-0.05, 0) is 38.8 Å². The molecule has 2 N–H and O–H groups in total. The van der Waals surface area contributed by atoms with Gasteiger partial charge >= 0.3 is 0 Å². The number of hydrogen-bond donors (Lipinski definition) is 2. The van der Waals surface area contributed by atoms with Crippen molar-refractivity contribution in [2.45, 2.75) is 13.0 Å². The van der Waals surface area contributed by atoms with Gasteiger partial charge in [0.1, 0.15) is 5.82 Å². The van der Waals surface area contributed by atoms with E-state index < -0.39 is 0 Å². The first-order chi connectivity index (χ1) is 9.45. The number of carbonyl (C=O) groups is 1. The average Bonchev–Trinajstić information content (AvgIpc) is 2.38. The minimum Gasteiger partial charge on any atom is -0.354 e. The van der Waals surface area contributed by atoms with Gasteiger partial charge in [-0.25, -0.2) is 4.39 Å². The maximum absolute atomic E-state index is 13.3. The Bertz CT molecular complexity index is 437. The molecule has 2 atom stereocenters. The molecule has 0 heterocycles. The summed E-state index contributed by atoms with van der Waals surface area (Å²) in [7, 11) is 5.65. The van der Waals surface area contributed by atoms with Gasteiger partial charge in [0.25, 0.3) is 0 Å². The second kappa shape index (κ2) is 7.97. The first-order valence-electron chi connectivity index (χ1n) is 6.80. The predicted molar refractivity (Wildman–Crippen MR) is 78.9 cm³/mol. The number of halogens is 1. The standard InChI is InChI=1S/C15H24FN3O/c1-11(9-17-2)15(20)18-10-14(19(3)4)12-6-5-7-13(16)8-12/h5-8,11,14,17H,9-10H2,1-4H3,(H,18,20). The molecular formula is C15H24FN3O. The van der Waals surface area contributed by atoms with Crippen molar-refractivity contribution in [1.29, 1.82) is 0 Å². The number of amides is 1. The second-order valence-electron chi connectivity index (χ2n) is 5.24. The number of nitrogens with one attached hydrogen (secondary N) is 2. The molecule has 0 bridgehead atoms. The molecule has 0 aliphatic carbocycles. The summed E-state index contributed by atoms with van der Waals surface area (Å²) in [5.74, 6) is -0.345. The van der Waals surface area contributed by atoms with Crippen molar-refractivity contribution < 1.29 is 9.18 Å². The van der Waals surface area contributed by atoms with Gasteiger partial charge in [-0.1, -0.05) is 19.1 Å². The van der Waals surface area contributed by atoms with Crippen molar-refractivity contribution >= 4 is 5.91 Å². The summed E-state index contributed by atoms with van der Waals surface area (Å²) in [6.07, 6.45) is 0. The van der Waals surface area contributed by atoms with Crippen LogP contribution in [0.4, 0.5) is 4.39 Å². The molecule has 4 nitrogen and oxygen atoms in total. The fourth-order valence-corrected chi connectivity index (χ4v) is 2.08. The van der Waals surface area contributed by atoms with Gasteiger partial charge in [0.15, 0.2) is 0 Å². The summed E-state index contributed by atoms with van der Waals surface area (Å²) < 4.78 is 13.3. The lowest BCUT2D eigenvalue weighted by atomic mass is 10.1. The Morgan fingerprint density at radius 1 is 1.35 bits per heavy atom. The zero-order valence-electron chi connectivity index (χ0n) is 12.6. The predicted octanol–water partition coefficient (Wildman–Crippen LogP) is 1.40. The van der Waals surface area contributed by atoms with Crippen LogP contribution in [0.25, 0.3) is 0 Å². The third kappa shape index (κ3) is 4.90. The van der Waals surface area contributed by atoms with Crippen LogP contribution in [-0.4, -0.2) is 45.0 Å². The van der Waals surface area contributed by atoms with Crippen molar-refractivity contribution in [2.24, 2.45) is 5.92 Å². The van der Waals surface area contributed by atoms with Crippen LogP contribution >= 0.6 is 0 Å². The Hall–Kier alpha value is -1.46. The highest BCUT2D eigenvalue weighted by Gasteiger charge is 2.18. The SMILES string of the molecule is CNCC(C)C(=O)NCC(c1cccc(F)c1)N(C)C. The first kappa shape index (κ1) is 16.6. The van der Waals surface area contributed by atoms with Crippen LogP contribution in [0.2, 0.25) is 0 Å². The maximum atomic E-state index is 13.3. The molecule has 0 aliphatic heterocycles. The molecule has 0 aromatic heterocycles. The summed E-state index contributed by atoms with van der Waals surface area (Å²) >= 11 is 0.